The maximum atomic E-state index is 12.1. The van der Waals surface area contributed by atoms with Gasteiger partial charge in [-0.2, -0.15) is 0 Å². The highest BCUT2D eigenvalue weighted by Crippen LogP contribution is 2.28. The van der Waals surface area contributed by atoms with Crippen molar-refractivity contribution in [2.75, 3.05) is 26.7 Å². The Morgan fingerprint density at radius 2 is 2.20 bits per heavy atom. The number of nitrogens with zero attached hydrogens (tertiary/aromatic N) is 3. The second-order valence-corrected chi connectivity index (χ2v) is 7.64. The lowest BCUT2D eigenvalue weighted by Gasteiger charge is -2.23. The van der Waals surface area contributed by atoms with E-state index in [0.717, 1.165) is 24.1 Å². The van der Waals surface area contributed by atoms with Crippen molar-refractivity contribution in [3.05, 3.63) is 16.6 Å². The Morgan fingerprint density at radius 1 is 1.48 bits per heavy atom. The van der Waals surface area contributed by atoms with Crippen LogP contribution in [0.1, 0.15) is 37.1 Å². The fourth-order valence-corrected chi connectivity index (χ4v) is 4.27. The van der Waals surface area contributed by atoms with Crippen molar-refractivity contribution < 1.29 is 14.7 Å². The van der Waals surface area contributed by atoms with Gasteiger partial charge in [-0.05, 0) is 31.7 Å². The Balaban J connectivity index is 0.000000701. The topological polar surface area (TPSA) is 85.8 Å². The van der Waals surface area contributed by atoms with Gasteiger partial charge in [-0.3, -0.25) is 4.79 Å². The van der Waals surface area contributed by atoms with Gasteiger partial charge in [0.15, 0.2) is 0 Å². The van der Waals surface area contributed by atoms with Crippen molar-refractivity contribution in [1.29, 1.82) is 0 Å². The van der Waals surface area contributed by atoms with Gasteiger partial charge < -0.3 is 20.2 Å². The van der Waals surface area contributed by atoms with Gasteiger partial charge in [-0.25, -0.2) is 9.78 Å². The summed E-state index contributed by atoms with van der Waals surface area (Å²) in [7, 11) is 1.83. The zero-order chi connectivity index (χ0) is 18.1. The molecule has 1 unspecified atom stereocenters. The van der Waals surface area contributed by atoms with Crippen LogP contribution in [-0.2, 0) is 11.3 Å². The summed E-state index contributed by atoms with van der Waals surface area (Å²) in [5.74, 6) is 0.609. The van der Waals surface area contributed by atoms with Crippen molar-refractivity contribution >= 4 is 23.8 Å². The first kappa shape index (κ1) is 19.7. The Kier molecular flexibility index (Phi) is 8.14. The number of urea groups is 1. The Labute approximate surface area is 153 Å². The zero-order valence-corrected chi connectivity index (χ0v) is 15.6. The van der Waals surface area contributed by atoms with Gasteiger partial charge in [0.1, 0.15) is 5.01 Å². The van der Waals surface area contributed by atoms with Crippen LogP contribution in [0.3, 0.4) is 0 Å². The molecule has 8 heteroatoms. The summed E-state index contributed by atoms with van der Waals surface area (Å²) in [5.41, 5.74) is 0. The highest BCUT2D eigenvalue weighted by Gasteiger charge is 2.30. The van der Waals surface area contributed by atoms with Gasteiger partial charge in [0, 0.05) is 37.8 Å². The molecule has 1 aliphatic carbocycles. The molecule has 1 saturated heterocycles. The fourth-order valence-electron chi connectivity index (χ4n) is 3.60. The second-order valence-electron chi connectivity index (χ2n) is 6.66. The number of likely N-dealkylation sites (tertiary alicyclic amines) is 1. The number of carbonyl (C=O) groups is 2. The number of rotatable bonds is 5. The lowest BCUT2D eigenvalue weighted by atomic mass is 10.1. The summed E-state index contributed by atoms with van der Waals surface area (Å²) < 4.78 is 0. The van der Waals surface area contributed by atoms with Gasteiger partial charge in [0.05, 0.1) is 6.54 Å². The van der Waals surface area contributed by atoms with Crippen molar-refractivity contribution in [2.45, 2.75) is 44.7 Å². The molecule has 2 heterocycles. The average Bonchev–Trinajstić information content (AvgIpc) is 3.34. The van der Waals surface area contributed by atoms with E-state index in [1.807, 2.05) is 12.4 Å². The Hall–Kier alpha value is -1.67. The predicted octanol–water partition coefficient (Wildman–Crippen LogP) is 2.25. The van der Waals surface area contributed by atoms with E-state index in [9.17, 15) is 4.79 Å². The second kappa shape index (κ2) is 10.4. The van der Waals surface area contributed by atoms with E-state index in [2.05, 4.69) is 15.2 Å². The molecular weight excluding hydrogens is 340 g/mol. The summed E-state index contributed by atoms with van der Waals surface area (Å²) in [6, 6.07) is 0.822. The monoisotopic (exact) mass is 368 g/mol. The maximum Gasteiger partial charge on any atom is 0.317 e. The lowest BCUT2D eigenvalue weighted by Crippen LogP contribution is -2.40. The molecule has 1 aliphatic heterocycles. The normalized spacial score (nSPS) is 20.8. The van der Waals surface area contributed by atoms with Crippen LogP contribution in [-0.4, -0.2) is 65.1 Å². The van der Waals surface area contributed by atoms with Crippen LogP contribution >= 0.6 is 11.3 Å². The Bertz CT molecular complexity index is 520. The number of aromatic nitrogens is 1. The molecular formula is C17H28N4O3S. The summed E-state index contributed by atoms with van der Waals surface area (Å²) in [4.78, 5) is 29.1. The number of amides is 2. The maximum absolute atomic E-state index is 12.1. The number of hydrogen-bond acceptors (Lipinski definition) is 5. The van der Waals surface area contributed by atoms with Crippen LogP contribution in [0.25, 0.3) is 0 Å². The minimum Gasteiger partial charge on any atom is -0.483 e. The van der Waals surface area contributed by atoms with E-state index in [-0.39, 0.29) is 12.5 Å². The molecule has 1 atom stereocenters. The van der Waals surface area contributed by atoms with Crippen molar-refractivity contribution in [3.8, 4) is 0 Å². The molecule has 3 rings (SSSR count). The summed E-state index contributed by atoms with van der Waals surface area (Å²) >= 11 is 1.59. The molecule has 0 radical (unpaired) electrons. The molecule has 0 spiro atoms. The van der Waals surface area contributed by atoms with E-state index in [0.29, 0.717) is 12.5 Å². The van der Waals surface area contributed by atoms with Crippen LogP contribution in [0.2, 0.25) is 0 Å². The molecule has 1 aromatic rings. The number of carboxylic acid groups (broad SMARTS) is 1. The number of nitrogens with one attached hydrogen (secondary N) is 1. The molecule has 0 aromatic carbocycles. The van der Waals surface area contributed by atoms with Crippen LogP contribution in [0.4, 0.5) is 4.79 Å². The molecule has 2 amide bonds. The first-order valence-corrected chi connectivity index (χ1v) is 9.71. The highest BCUT2D eigenvalue weighted by molar-refractivity contribution is 7.09. The van der Waals surface area contributed by atoms with Crippen molar-refractivity contribution in [2.24, 2.45) is 5.92 Å². The largest absolute Gasteiger partial charge is 0.483 e. The van der Waals surface area contributed by atoms with Crippen LogP contribution < -0.4 is 5.32 Å². The van der Waals surface area contributed by atoms with Gasteiger partial charge >= 0.3 is 6.03 Å². The summed E-state index contributed by atoms with van der Waals surface area (Å²) in [5, 5.41) is 12.9. The molecule has 1 saturated carbocycles. The van der Waals surface area contributed by atoms with Gasteiger partial charge in [-0.1, -0.05) is 12.8 Å². The van der Waals surface area contributed by atoms with Gasteiger partial charge in [-0.15, -0.1) is 11.3 Å². The third kappa shape index (κ3) is 6.28. The minimum atomic E-state index is -0.250. The fraction of sp³-hybridized carbons (Fsp3) is 0.706. The molecule has 1 aromatic heterocycles. The highest BCUT2D eigenvalue weighted by atomic mass is 32.1. The van der Waals surface area contributed by atoms with E-state index in [4.69, 9.17) is 9.90 Å². The lowest BCUT2D eigenvalue weighted by molar-refractivity contribution is -0.122. The number of thiazole rings is 1. The third-order valence-corrected chi connectivity index (χ3v) is 5.67. The molecule has 2 aliphatic rings. The van der Waals surface area contributed by atoms with Crippen LogP contribution in [0, 0.1) is 5.92 Å². The Morgan fingerprint density at radius 3 is 2.84 bits per heavy atom. The van der Waals surface area contributed by atoms with Gasteiger partial charge in [0.25, 0.3) is 6.47 Å². The zero-order valence-electron chi connectivity index (χ0n) is 14.8. The smallest absolute Gasteiger partial charge is 0.317 e. The third-order valence-electron chi connectivity index (χ3n) is 4.90. The van der Waals surface area contributed by atoms with Crippen LogP contribution in [0.15, 0.2) is 11.6 Å². The first-order valence-electron chi connectivity index (χ1n) is 8.83. The van der Waals surface area contributed by atoms with E-state index < -0.39 is 0 Å². The SMILES string of the molecule is CN(Cc1nccs1)C(=O)NCC1CCN(C2CCCC2)C1.O=CO. The van der Waals surface area contributed by atoms with E-state index in [1.54, 1.807) is 22.4 Å². The van der Waals surface area contributed by atoms with Crippen molar-refractivity contribution in [3.63, 3.8) is 0 Å². The van der Waals surface area contributed by atoms with Crippen molar-refractivity contribution in [1.82, 2.24) is 20.1 Å². The summed E-state index contributed by atoms with van der Waals surface area (Å²) in [6.07, 6.45) is 8.52. The number of hydrogen-bond donors (Lipinski definition) is 2. The van der Waals surface area contributed by atoms with Gasteiger partial charge in [0.2, 0.25) is 0 Å². The standard InChI is InChI=1S/C16H26N4OS.CH2O2/c1-19(12-15-17-7-9-22-15)16(21)18-10-13-6-8-20(11-13)14-4-2-3-5-14;2-1-3/h7,9,13-14H,2-6,8,10-12H2,1H3,(H,18,21);1H,(H,2,3). The molecule has 7 nitrogen and oxygen atoms in total. The van der Waals surface area contributed by atoms with Crippen LogP contribution in [0.5, 0.6) is 0 Å². The first-order chi connectivity index (χ1) is 12.1. The molecule has 2 fully saturated rings. The number of carbonyl (C=O) groups excluding carboxylic acids is 1. The average molecular weight is 369 g/mol. The molecule has 140 valence electrons. The predicted molar refractivity (Wildman–Crippen MR) is 97.6 cm³/mol. The van der Waals surface area contributed by atoms with E-state index in [1.165, 1.54) is 38.6 Å². The molecule has 25 heavy (non-hydrogen) atoms. The summed E-state index contributed by atoms with van der Waals surface area (Å²) in [6.45, 7) is 3.49. The molecule has 2 N–H and O–H groups in total. The minimum absolute atomic E-state index is 0.00881. The molecule has 0 bridgehead atoms. The van der Waals surface area contributed by atoms with E-state index >= 15 is 0 Å². The quantitative estimate of drug-likeness (QED) is 0.779.